The van der Waals surface area contributed by atoms with Crippen molar-refractivity contribution in [3.63, 3.8) is 0 Å². The van der Waals surface area contributed by atoms with E-state index in [1.165, 1.54) is 11.1 Å². The lowest BCUT2D eigenvalue weighted by Gasteiger charge is -2.31. The van der Waals surface area contributed by atoms with Crippen molar-refractivity contribution in [2.45, 2.75) is 51.6 Å². The number of thiocarbonyl (C=S) groups is 1. The maximum atomic E-state index is 5.59. The Morgan fingerprint density at radius 1 is 0.906 bits per heavy atom. The second kappa shape index (κ2) is 9.69. The minimum Gasteiger partial charge on any atom is -0.362 e. The summed E-state index contributed by atoms with van der Waals surface area (Å²) in [6.07, 6.45) is 4.22. The normalized spacial score (nSPS) is 18.2. The average molecular weight is 449 g/mol. The fraction of sp³-hybridized carbons (Fsp3) is 0.400. The number of aryl methyl sites for hydroxylation is 2. The maximum absolute atomic E-state index is 5.59. The van der Waals surface area contributed by atoms with Gasteiger partial charge in [-0.1, -0.05) is 30.3 Å². The van der Waals surface area contributed by atoms with E-state index in [9.17, 15) is 0 Å². The third-order valence-electron chi connectivity index (χ3n) is 6.12. The molecule has 0 aliphatic heterocycles. The van der Waals surface area contributed by atoms with E-state index in [1.54, 1.807) is 0 Å². The van der Waals surface area contributed by atoms with E-state index >= 15 is 0 Å². The van der Waals surface area contributed by atoms with Gasteiger partial charge in [0.15, 0.2) is 5.11 Å². The van der Waals surface area contributed by atoms with Crippen LogP contribution in [0, 0.1) is 13.8 Å². The van der Waals surface area contributed by atoms with Gasteiger partial charge in [0.1, 0.15) is 5.82 Å². The Kier molecular flexibility index (Phi) is 6.74. The highest BCUT2D eigenvalue weighted by molar-refractivity contribution is 7.80. The van der Waals surface area contributed by atoms with Gasteiger partial charge in [-0.3, -0.25) is 0 Å². The monoisotopic (exact) mass is 448 g/mol. The quantitative estimate of drug-likeness (QED) is 0.474. The highest BCUT2D eigenvalue weighted by Gasteiger charge is 2.23. The molecule has 1 aliphatic rings. The number of nitrogens with zero attached hydrogens (tertiary/aromatic N) is 3. The first kappa shape index (κ1) is 22.3. The van der Waals surface area contributed by atoms with Crippen molar-refractivity contribution in [2.24, 2.45) is 0 Å². The maximum Gasteiger partial charge on any atom is 0.225 e. The minimum atomic E-state index is 0.365. The highest BCUT2D eigenvalue weighted by atomic mass is 32.1. The predicted octanol–water partition coefficient (Wildman–Crippen LogP) is 5.02. The van der Waals surface area contributed by atoms with Crippen LogP contribution in [-0.2, 0) is 0 Å². The van der Waals surface area contributed by atoms with Crippen LogP contribution in [0.4, 0.5) is 17.5 Å². The van der Waals surface area contributed by atoms with E-state index in [0.717, 1.165) is 48.1 Å². The molecule has 0 bridgehead atoms. The fourth-order valence-electron chi connectivity index (χ4n) is 4.38. The van der Waals surface area contributed by atoms with Crippen LogP contribution in [0.5, 0.6) is 0 Å². The van der Waals surface area contributed by atoms with Crippen molar-refractivity contribution in [3.05, 3.63) is 53.6 Å². The SMILES string of the molecule is Cc1cccc(C)c1NC(=S)N[C@H]1CC[C@@H](Nc2nc(N(C)C)c3ccccc3n2)CC1. The van der Waals surface area contributed by atoms with Crippen molar-refractivity contribution >= 4 is 45.7 Å². The number of aromatic nitrogens is 2. The Labute approximate surface area is 195 Å². The van der Waals surface area contributed by atoms with Crippen molar-refractivity contribution in [1.82, 2.24) is 15.3 Å². The Morgan fingerprint density at radius 3 is 2.25 bits per heavy atom. The molecule has 168 valence electrons. The smallest absolute Gasteiger partial charge is 0.225 e. The molecule has 2 aromatic carbocycles. The molecule has 0 atom stereocenters. The predicted molar refractivity (Wildman–Crippen MR) is 139 cm³/mol. The number of rotatable bonds is 5. The lowest BCUT2D eigenvalue weighted by Crippen LogP contribution is -2.42. The molecular formula is C25H32N6S. The summed E-state index contributed by atoms with van der Waals surface area (Å²) in [7, 11) is 4.04. The summed E-state index contributed by atoms with van der Waals surface area (Å²) in [6, 6.07) is 15.2. The lowest BCUT2D eigenvalue weighted by molar-refractivity contribution is 0.387. The van der Waals surface area contributed by atoms with E-state index in [0.29, 0.717) is 23.1 Å². The average Bonchev–Trinajstić information content (AvgIpc) is 2.77. The number of nitrogens with one attached hydrogen (secondary N) is 3. The number of hydrogen-bond acceptors (Lipinski definition) is 5. The first-order valence-corrected chi connectivity index (χ1v) is 11.7. The highest BCUT2D eigenvalue weighted by Crippen LogP contribution is 2.26. The van der Waals surface area contributed by atoms with Crippen LogP contribution in [0.3, 0.4) is 0 Å². The van der Waals surface area contributed by atoms with Crippen LogP contribution in [0.15, 0.2) is 42.5 Å². The van der Waals surface area contributed by atoms with Crippen LogP contribution < -0.4 is 20.9 Å². The van der Waals surface area contributed by atoms with Gasteiger partial charge < -0.3 is 20.9 Å². The van der Waals surface area contributed by atoms with Gasteiger partial charge in [-0.15, -0.1) is 0 Å². The Balaban J connectivity index is 1.34. The molecule has 0 radical (unpaired) electrons. The molecule has 0 spiro atoms. The summed E-state index contributed by atoms with van der Waals surface area (Å²) >= 11 is 5.59. The van der Waals surface area contributed by atoms with Crippen molar-refractivity contribution in [3.8, 4) is 0 Å². The molecule has 1 saturated carbocycles. The second-order valence-corrected chi connectivity index (χ2v) is 9.25. The molecule has 4 rings (SSSR count). The summed E-state index contributed by atoms with van der Waals surface area (Å²) in [4.78, 5) is 11.6. The molecule has 3 aromatic rings. The van der Waals surface area contributed by atoms with Gasteiger partial charge >= 0.3 is 0 Å². The fourth-order valence-corrected chi connectivity index (χ4v) is 4.65. The second-order valence-electron chi connectivity index (χ2n) is 8.84. The summed E-state index contributed by atoms with van der Waals surface area (Å²) in [5.74, 6) is 1.65. The number of para-hydroxylation sites is 2. The van der Waals surface area contributed by atoms with Crippen LogP contribution in [-0.4, -0.2) is 41.3 Å². The molecule has 32 heavy (non-hydrogen) atoms. The minimum absolute atomic E-state index is 0.365. The molecule has 0 saturated heterocycles. The van der Waals surface area contributed by atoms with Crippen molar-refractivity contribution < 1.29 is 0 Å². The number of fused-ring (bicyclic) bond motifs is 1. The van der Waals surface area contributed by atoms with Crippen molar-refractivity contribution in [1.29, 1.82) is 0 Å². The van der Waals surface area contributed by atoms with Gasteiger partial charge in [0.25, 0.3) is 0 Å². The summed E-state index contributed by atoms with van der Waals surface area (Å²) in [6.45, 7) is 4.21. The zero-order valence-electron chi connectivity index (χ0n) is 19.3. The molecule has 1 heterocycles. The van der Waals surface area contributed by atoms with E-state index in [-0.39, 0.29) is 0 Å². The van der Waals surface area contributed by atoms with Gasteiger partial charge in [-0.25, -0.2) is 4.98 Å². The summed E-state index contributed by atoms with van der Waals surface area (Å²) in [5, 5.41) is 12.2. The van der Waals surface area contributed by atoms with E-state index in [1.807, 2.05) is 37.2 Å². The number of hydrogen-bond donors (Lipinski definition) is 3. The topological polar surface area (TPSA) is 65.1 Å². The molecule has 0 unspecified atom stereocenters. The lowest BCUT2D eigenvalue weighted by atomic mass is 9.91. The number of benzene rings is 2. The molecular weight excluding hydrogens is 416 g/mol. The van der Waals surface area contributed by atoms with Crippen LogP contribution in [0.2, 0.25) is 0 Å². The number of anilines is 3. The Hall–Kier alpha value is -2.93. The van der Waals surface area contributed by atoms with E-state index < -0.39 is 0 Å². The van der Waals surface area contributed by atoms with Gasteiger partial charge in [-0.2, -0.15) is 4.98 Å². The van der Waals surface area contributed by atoms with Crippen LogP contribution >= 0.6 is 12.2 Å². The molecule has 7 heteroatoms. The van der Waals surface area contributed by atoms with E-state index in [4.69, 9.17) is 22.2 Å². The first-order chi connectivity index (χ1) is 15.4. The van der Waals surface area contributed by atoms with Crippen LogP contribution in [0.25, 0.3) is 10.9 Å². The first-order valence-electron chi connectivity index (χ1n) is 11.2. The Bertz CT molecular complexity index is 1080. The molecule has 1 aliphatic carbocycles. The van der Waals surface area contributed by atoms with Gasteiger partial charge in [0.2, 0.25) is 5.95 Å². The third kappa shape index (κ3) is 5.10. The molecule has 6 nitrogen and oxygen atoms in total. The van der Waals surface area contributed by atoms with Gasteiger partial charge in [-0.05, 0) is 75.0 Å². The molecule has 0 amide bonds. The van der Waals surface area contributed by atoms with Crippen molar-refractivity contribution in [2.75, 3.05) is 29.6 Å². The standard InChI is InChI=1S/C25H32N6S/c1-16-8-7-9-17(2)22(16)29-25(32)27-19-14-12-18(13-15-19)26-24-28-21-11-6-5-10-20(21)23(30-24)31(3)4/h5-11,18-19H,12-15H2,1-4H3,(H,26,28,30)(H2,27,29,32)/t18-,19+. The van der Waals surface area contributed by atoms with Gasteiger partial charge in [0, 0.05) is 37.3 Å². The zero-order chi connectivity index (χ0) is 22.7. The summed E-state index contributed by atoms with van der Waals surface area (Å²) < 4.78 is 0. The van der Waals surface area contributed by atoms with Crippen LogP contribution in [0.1, 0.15) is 36.8 Å². The molecule has 1 fully saturated rings. The third-order valence-corrected chi connectivity index (χ3v) is 6.34. The van der Waals surface area contributed by atoms with E-state index in [2.05, 4.69) is 54.1 Å². The molecule has 3 N–H and O–H groups in total. The van der Waals surface area contributed by atoms with Gasteiger partial charge in [0.05, 0.1) is 5.52 Å². The zero-order valence-corrected chi connectivity index (χ0v) is 20.1. The summed E-state index contributed by atoms with van der Waals surface area (Å²) in [5.41, 5.74) is 4.47. The molecule has 1 aromatic heterocycles. The largest absolute Gasteiger partial charge is 0.362 e. The Morgan fingerprint density at radius 2 is 1.56 bits per heavy atom.